The monoisotopic (exact) mass is 316 g/mol. The van der Waals surface area contributed by atoms with E-state index in [1.165, 1.54) is 18.5 Å². The van der Waals surface area contributed by atoms with Gasteiger partial charge in [0.1, 0.15) is 0 Å². The number of para-hydroxylation sites is 2. The van der Waals surface area contributed by atoms with Gasteiger partial charge in [0.05, 0.1) is 30.2 Å². The molecule has 0 aliphatic rings. The van der Waals surface area contributed by atoms with Crippen molar-refractivity contribution in [2.75, 3.05) is 15.7 Å². The van der Waals surface area contributed by atoms with E-state index in [-0.39, 0.29) is 16.4 Å². The van der Waals surface area contributed by atoms with Gasteiger partial charge in [0.2, 0.25) is 10.0 Å². The first-order chi connectivity index (χ1) is 9.28. The molecule has 1 heterocycles. The number of sulfonamides is 2. The third kappa shape index (κ3) is 3.48. The summed E-state index contributed by atoms with van der Waals surface area (Å²) in [6.07, 6.45) is 3.36. The largest absolute Gasteiger partial charge is 0.334 e. The van der Waals surface area contributed by atoms with Crippen LogP contribution in [0.2, 0.25) is 0 Å². The molecule has 0 amide bonds. The number of imidazole rings is 1. The summed E-state index contributed by atoms with van der Waals surface area (Å²) in [5, 5.41) is -0.119. The molecule has 2 aromatic rings. The van der Waals surface area contributed by atoms with Crippen molar-refractivity contribution in [3.8, 4) is 0 Å². The van der Waals surface area contributed by atoms with Crippen LogP contribution in [0.15, 0.2) is 41.8 Å². The quantitative estimate of drug-likeness (QED) is 0.745. The Labute approximate surface area is 116 Å². The molecule has 1 aromatic heterocycles. The second-order valence-electron chi connectivity index (χ2n) is 3.94. The predicted octanol–water partition coefficient (Wildman–Crippen LogP) is 0.582. The molecule has 0 aliphatic heterocycles. The van der Waals surface area contributed by atoms with E-state index in [1.54, 1.807) is 12.1 Å². The summed E-state index contributed by atoms with van der Waals surface area (Å²) in [6.45, 7) is 0. The second-order valence-corrected chi connectivity index (χ2v) is 7.34. The van der Waals surface area contributed by atoms with Crippen molar-refractivity contribution in [2.45, 2.75) is 5.03 Å². The number of H-pyrrole nitrogens is 1. The molecule has 0 bridgehead atoms. The molecule has 0 saturated heterocycles. The topological polar surface area (TPSA) is 121 Å². The smallest absolute Gasteiger partial charge is 0.279 e. The minimum atomic E-state index is -3.85. The molecule has 0 unspecified atom stereocenters. The molecule has 1 aromatic carbocycles. The molecule has 8 nitrogen and oxygen atoms in total. The van der Waals surface area contributed by atoms with Gasteiger partial charge in [-0.2, -0.15) is 8.42 Å². The standard InChI is InChI=1S/C10H12N4O4S2/c1-19(15,16)13-8-4-2-3-5-9(8)14-20(17,18)10-6-11-7-12-10/h2-7,13-14H,1H3,(H,11,12). The van der Waals surface area contributed by atoms with E-state index < -0.39 is 20.0 Å². The van der Waals surface area contributed by atoms with Crippen LogP contribution in [-0.4, -0.2) is 33.1 Å². The lowest BCUT2D eigenvalue weighted by molar-refractivity contribution is 0.597. The number of anilines is 2. The highest BCUT2D eigenvalue weighted by atomic mass is 32.2. The van der Waals surface area contributed by atoms with Crippen LogP contribution in [0.4, 0.5) is 11.4 Å². The van der Waals surface area contributed by atoms with Crippen LogP contribution in [-0.2, 0) is 20.0 Å². The molecule has 0 atom stereocenters. The minimum absolute atomic E-state index is 0.118. The van der Waals surface area contributed by atoms with Crippen molar-refractivity contribution in [1.29, 1.82) is 0 Å². The highest BCUT2D eigenvalue weighted by Gasteiger charge is 2.18. The fraction of sp³-hybridized carbons (Fsp3) is 0.100. The van der Waals surface area contributed by atoms with Gasteiger partial charge in [-0.05, 0) is 12.1 Å². The molecule has 0 fully saturated rings. The van der Waals surface area contributed by atoms with E-state index in [1.807, 2.05) is 0 Å². The number of benzene rings is 1. The highest BCUT2D eigenvalue weighted by molar-refractivity contribution is 7.93. The molecular weight excluding hydrogens is 304 g/mol. The average Bonchev–Trinajstić information content (AvgIpc) is 2.83. The van der Waals surface area contributed by atoms with Gasteiger partial charge in [0, 0.05) is 0 Å². The molecule has 0 saturated carbocycles. The van der Waals surface area contributed by atoms with E-state index in [0.717, 1.165) is 12.5 Å². The Balaban J connectivity index is 2.35. The van der Waals surface area contributed by atoms with Crippen molar-refractivity contribution in [2.24, 2.45) is 0 Å². The predicted molar refractivity (Wildman–Crippen MR) is 74.3 cm³/mol. The molecular formula is C10H12N4O4S2. The summed E-state index contributed by atoms with van der Waals surface area (Å²) in [5.74, 6) is 0. The Bertz CT molecular complexity index is 798. The zero-order valence-electron chi connectivity index (χ0n) is 10.4. The van der Waals surface area contributed by atoms with Crippen LogP contribution in [0.3, 0.4) is 0 Å². The fourth-order valence-electron chi connectivity index (χ4n) is 1.45. The third-order valence-electron chi connectivity index (χ3n) is 2.23. The Morgan fingerprint density at radius 2 is 1.65 bits per heavy atom. The van der Waals surface area contributed by atoms with Crippen LogP contribution in [0.25, 0.3) is 0 Å². The fourth-order valence-corrected chi connectivity index (χ4v) is 3.01. The van der Waals surface area contributed by atoms with Crippen LogP contribution >= 0.6 is 0 Å². The lowest BCUT2D eigenvalue weighted by Crippen LogP contribution is -2.16. The van der Waals surface area contributed by atoms with Gasteiger partial charge < -0.3 is 4.98 Å². The summed E-state index contributed by atoms with van der Waals surface area (Å²) in [6, 6.07) is 6.06. The highest BCUT2D eigenvalue weighted by Crippen LogP contribution is 2.24. The number of aromatic amines is 1. The zero-order chi connectivity index (χ0) is 14.8. The first kappa shape index (κ1) is 14.3. The molecule has 3 N–H and O–H groups in total. The Morgan fingerprint density at radius 3 is 2.15 bits per heavy atom. The first-order valence-corrected chi connectivity index (χ1v) is 8.73. The van der Waals surface area contributed by atoms with Gasteiger partial charge >= 0.3 is 0 Å². The summed E-state index contributed by atoms with van der Waals surface area (Å²) in [4.78, 5) is 6.09. The van der Waals surface area contributed by atoms with Crippen molar-refractivity contribution >= 4 is 31.4 Å². The van der Waals surface area contributed by atoms with Crippen molar-refractivity contribution in [1.82, 2.24) is 9.97 Å². The Morgan fingerprint density at radius 1 is 1.05 bits per heavy atom. The van der Waals surface area contributed by atoms with Gasteiger partial charge in [-0.15, -0.1) is 0 Å². The lowest BCUT2D eigenvalue weighted by atomic mass is 10.3. The molecule has 0 radical (unpaired) electrons. The van der Waals surface area contributed by atoms with Crippen molar-refractivity contribution in [3.63, 3.8) is 0 Å². The first-order valence-electron chi connectivity index (χ1n) is 5.36. The van der Waals surface area contributed by atoms with E-state index in [9.17, 15) is 16.8 Å². The van der Waals surface area contributed by atoms with E-state index in [2.05, 4.69) is 19.4 Å². The molecule has 0 spiro atoms. The normalized spacial score (nSPS) is 12.1. The van der Waals surface area contributed by atoms with Crippen molar-refractivity contribution < 1.29 is 16.8 Å². The van der Waals surface area contributed by atoms with Crippen molar-refractivity contribution in [3.05, 3.63) is 36.8 Å². The molecule has 108 valence electrons. The summed E-state index contributed by atoms with van der Waals surface area (Å²) in [7, 11) is -7.37. The van der Waals surface area contributed by atoms with Crippen LogP contribution < -0.4 is 9.44 Å². The summed E-state index contributed by atoms with van der Waals surface area (Å²) in [5.41, 5.74) is 0.255. The van der Waals surface area contributed by atoms with E-state index in [0.29, 0.717) is 0 Å². The second kappa shape index (κ2) is 5.13. The van der Waals surface area contributed by atoms with Gasteiger partial charge in [-0.25, -0.2) is 13.4 Å². The molecule has 20 heavy (non-hydrogen) atoms. The average molecular weight is 316 g/mol. The van der Waals surface area contributed by atoms with Crippen LogP contribution in [0.1, 0.15) is 0 Å². The number of nitrogens with one attached hydrogen (secondary N) is 3. The van der Waals surface area contributed by atoms with Gasteiger partial charge in [0.25, 0.3) is 10.0 Å². The molecule has 10 heteroatoms. The number of hydrogen-bond donors (Lipinski definition) is 3. The number of nitrogens with zero attached hydrogens (tertiary/aromatic N) is 1. The Kier molecular flexibility index (Phi) is 3.68. The summed E-state index contributed by atoms with van der Waals surface area (Å²) >= 11 is 0. The van der Waals surface area contributed by atoms with Crippen LogP contribution in [0.5, 0.6) is 0 Å². The number of aromatic nitrogens is 2. The number of rotatable bonds is 5. The third-order valence-corrected chi connectivity index (χ3v) is 4.11. The Hall–Kier alpha value is -2.07. The van der Waals surface area contributed by atoms with Gasteiger partial charge in [-0.1, -0.05) is 12.1 Å². The minimum Gasteiger partial charge on any atom is -0.334 e. The molecule has 2 rings (SSSR count). The maximum atomic E-state index is 12.0. The van der Waals surface area contributed by atoms with Gasteiger partial charge in [-0.3, -0.25) is 9.44 Å². The summed E-state index contributed by atoms with van der Waals surface area (Å²) < 4.78 is 51.1. The SMILES string of the molecule is CS(=O)(=O)Nc1ccccc1NS(=O)(=O)c1cnc[nH]1. The van der Waals surface area contributed by atoms with E-state index in [4.69, 9.17) is 0 Å². The maximum absolute atomic E-state index is 12.0. The lowest BCUT2D eigenvalue weighted by Gasteiger charge is -2.12. The van der Waals surface area contributed by atoms with Crippen LogP contribution in [0, 0.1) is 0 Å². The van der Waals surface area contributed by atoms with Gasteiger partial charge in [0.15, 0.2) is 5.03 Å². The molecule has 0 aliphatic carbocycles. The zero-order valence-corrected chi connectivity index (χ0v) is 12.0. The maximum Gasteiger partial charge on any atom is 0.279 e. The van der Waals surface area contributed by atoms with E-state index >= 15 is 0 Å². The number of hydrogen-bond acceptors (Lipinski definition) is 5.